The van der Waals surface area contributed by atoms with Gasteiger partial charge in [-0.1, -0.05) is 19.9 Å². The van der Waals surface area contributed by atoms with Crippen molar-refractivity contribution in [3.8, 4) is 5.75 Å². The maximum Gasteiger partial charge on any atom is 0.311 e. The number of carbonyl (C=O) groups is 2. The van der Waals surface area contributed by atoms with E-state index in [9.17, 15) is 9.59 Å². The standard InChI is InChI=1S/C18H26O4/c1-13(2)12-21-17(19)7-5-6-8-18(20)22-16-10-14(3)9-15(4)11-16/h9-11,13H,5-8,12H2,1-4H3. The van der Waals surface area contributed by atoms with Crippen LogP contribution in [0.2, 0.25) is 0 Å². The van der Waals surface area contributed by atoms with Crippen molar-refractivity contribution in [3.05, 3.63) is 29.3 Å². The molecule has 0 aliphatic carbocycles. The normalized spacial score (nSPS) is 10.6. The molecular formula is C18H26O4. The average Bonchev–Trinajstić information content (AvgIpc) is 2.40. The number of ether oxygens (including phenoxy) is 2. The lowest BCUT2D eigenvalue weighted by molar-refractivity contribution is -0.145. The predicted molar refractivity (Wildman–Crippen MR) is 85.8 cm³/mol. The zero-order chi connectivity index (χ0) is 16.5. The van der Waals surface area contributed by atoms with Crippen molar-refractivity contribution < 1.29 is 19.1 Å². The van der Waals surface area contributed by atoms with E-state index in [1.165, 1.54) is 0 Å². The summed E-state index contributed by atoms with van der Waals surface area (Å²) in [6, 6.07) is 5.71. The summed E-state index contributed by atoms with van der Waals surface area (Å²) in [7, 11) is 0. The van der Waals surface area contributed by atoms with Crippen LogP contribution in [0.25, 0.3) is 0 Å². The van der Waals surface area contributed by atoms with Crippen LogP contribution in [0.3, 0.4) is 0 Å². The third-order valence-electron chi connectivity index (χ3n) is 3.02. The molecule has 0 amide bonds. The monoisotopic (exact) mass is 306 g/mol. The zero-order valence-corrected chi connectivity index (χ0v) is 14.0. The van der Waals surface area contributed by atoms with Gasteiger partial charge in [-0.25, -0.2) is 0 Å². The molecule has 0 bridgehead atoms. The van der Waals surface area contributed by atoms with Crippen LogP contribution in [0.1, 0.15) is 50.7 Å². The van der Waals surface area contributed by atoms with Gasteiger partial charge in [-0.2, -0.15) is 0 Å². The van der Waals surface area contributed by atoms with E-state index in [0.29, 0.717) is 44.0 Å². The first-order chi connectivity index (χ1) is 10.4. The fourth-order valence-electron chi connectivity index (χ4n) is 2.04. The average molecular weight is 306 g/mol. The minimum Gasteiger partial charge on any atom is -0.465 e. The Bertz CT molecular complexity index is 486. The molecule has 4 nitrogen and oxygen atoms in total. The Balaban J connectivity index is 2.22. The van der Waals surface area contributed by atoms with Gasteiger partial charge in [0.05, 0.1) is 6.61 Å². The molecule has 0 saturated heterocycles. The van der Waals surface area contributed by atoms with E-state index in [1.807, 2.05) is 45.9 Å². The van der Waals surface area contributed by atoms with Gasteiger partial charge in [0, 0.05) is 12.8 Å². The number of rotatable bonds is 8. The second-order valence-corrected chi connectivity index (χ2v) is 6.08. The minimum absolute atomic E-state index is 0.198. The molecule has 0 fully saturated rings. The van der Waals surface area contributed by atoms with Crippen molar-refractivity contribution in [3.63, 3.8) is 0 Å². The molecule has 0 saturated carbocycles. The van der Waals surface area contributed by atoms with E-state index in [4.69, 9.17) is 9.47 Å². The van der Waals surface area contributed by atoms with Crippen molar-refractivity contribution in [1.29, 1.82) is 0 Å². The summed E-state index contributed by atoms with van der Waals surface area (Å²) < 4.78 is 10.4. The number of unbranched alkanes of at least 4 members (excludes halogenated alkanes) is 1. The van der Waals surface area contributed by atoms with E-state index in [0.717, 1.165) is 11.1 Å². The SMILES string of the molecule is Cc1cc(C)cc(OC(=O)CCCCC(=O)OCC(C)C)c1. The third-order valence-corrected chi connectivity index (χ3v) is 3.02. The number of carbonyl (C=O) groups excluding carboxylic acids is 2. The smallest absolute Gasteiger partial charge is 0.311 e. The molecule has 0 unspecified atom stereocenters. The lowest BCUT2D eigenvalue weighted by atomic mass is 10.1. The highest BCUT2D eigenvalue weighted by Gasteiger charge is 2.08. The molecule has 22 heavy (non-hydrogen) atoms. The first-order valence-electron chi connectivity index (χ1n) is 7.81. The highest BCUT2D eigenvalue weighted by atomic mass is 16.5. The van der Waals surface area contributed by atoms with Gasteiger partial charge < -0.3 is 9.47 Å². The van der Waals surface area contributed by atoms with Crippen molar-refractivity contribution in [2.45, 2.75) is 53.4 Å². The van der Waals surface area contributed by atoms with E-state index in [-0.39, 0.29) is 11.9 Å². The first-order valence-corrected chi connectivity index (χ1v) is 7.81. The third kappa shape index (κ3) is 7.81. The Morgan fingerprint density at radius 1 is 0.955 bits per heavy atom. The molecule has 0 N–H and O–H groups in total. The molecule has 4 heteroatoms. The van der Waals surface area contributed by atoms with Crippen LogP contribution in [0.15, 0.2) is 18.2 Å². The van der Waals surface area contributed by atoms with Crippen molar-refractivity contribution in [2.75, 3.05) is 6.61 Å². The number of hydrogen-bond donors (Lipinski definition) is 0. The summed E-state index contributed by atoms with van der Waals surface area (Å²) in [4.78, 5) is 23.2. The minimum atomic E-state index is -0.263. The fourth-order valence-corrected chi connectivity index (χ4v) is 2.04. The molecule has 0 spiro atoms. The quantitative estimate of drug-likeness (QED) is 0.414. The van der Waals surface area contributed by atoms with Gasteiger partial charge in [0.1, 0.15) is 5.75 Å². The predicted octanol–water partition coefficient (Wildman–Crippen LogP) is 3.97. The second-order valence-electron chi connectivity index (χ2n) is 6.08. The maximum atomic E-state index is 11.8. The molecule has 0 aliphatic heterocycles. The van der Waals surface area contributed by atoms with E-state index < -0.39 is 0 Å². The van der Waals surface area contributed by atoms with Crippen molar-refractivity contribution in [1.82, 2.24) is 0 Å². The van der Waals surface area contributed by atoms with Crippen LogP contribution >= 0.6 is 0 Å². The van der Waals surface area contributed by atoms with Gasteiger partial charge in [-0.05, 0) is 55.9 Å². The van der Waals surface area contributed by atoms with E-state index >= 15 is 0 Å². The Hall–Kier alpha value is -1.84. The van der Waals surface area contributed by atoms with Gasteiger partial charge in [0.2, 0.25) is 0 Å². The molecule has 0 atom stereocenters. The molecule has 0 aromatic heterocycles. The fraction of sp³-hybridized carbons (Fsp3) is 0.556. The maximum absolute atomic E-state index is 11.8. The Morgan fingerprint density at radius 3 is 2.05 bits per heavy atom. The van der Waals surface area contributed by atoms with Gasteiger partial charge in [-0.3, -0.25) is 9.59 Å². The first kappa shape index (κ1) is 18.2. The topological polar surface area (TPSA) is 52.6 Å². The van der Waals surface area contributed by atoms with Crippen LogP contribution < -0.4 is 4.74 Å². The number of hydrogen-bond acceptors (Lipinski definition) is 4. The molecule has 1 aromatic rings. The Morgan fingerprint density at radius 2 is 1.50 bits per heavy atom. The lowest BCUT2D eigenvalue weighted by Gasteiger charge is -2.08. The van der Waals surface area contributed by atoms with Gasteiger partial charge in [0.15, 0.2) is 0 Å². The zero-order valence-electron chi connectivity index (χ0n) is 14.0. The molecular weight excluding hydrogens is 280 g/mol. The Kier molecular flexibility index (Phi) is 7.64. The highest BCUT2D eigenvalue weighted by Crippen LogP contribution is 2.17. The van der Waals surface area contributed by atoms with E-state index in [1.54, 1.807) is 0 Å². The van der Waals surface area contributed by atoms with Gasteiger partial charge in [-0.15, -0.1) is 0 Å². The molecule has 0 radical (unpaired) electrons. The van der Waals surface area contributed by atoms with Crippen LogP contribution in [-0.4, -0.2) is 18.5 Å². The molecule has 122 valence electrons. The summed E-state index contributed by atoms with van der Waals surface area (Å²) in [5.74, 6) is 0.465. The molecule has 0 heterocycles. The summed E-state index contributed by atoms with van der Waals surface area (Å²) >= 11 is 0. The number of aryl methyl sites for hydroxylation is 2. The van der Waals surface area contributed by atoms with E-state index in [2.05, 4.69) is 0 Å². The largest absolute Gasteiger partial charge is 0.465 e. The highest BCUT2D eigenvalue weighted by molar-refractivity contribution is 5.72. The van der Waals surface area contributed by atoms with Crippen LogP contribution in [0.5, 0.6) is 5.75 Å². The molecule has 1 aromatic carbocycles. The van der Waals surface area contributed by atoms with Crippen LogP contribution in [-0.2, 0) is 14.3 Å². The Labute approximate surface area is 132 Å². The van der Waals surface area contributed by atoms with Crippen molar-refractivity contribution >= 4 is 11.9 Å². The second kappa shape index (κ2) is 9.23. The van der Waals surface area contributed by atoms with Crippen molar-refractivity contribution in [2.24, 2.45) is 5.92 Å². The number of benzene rings is 1. The van der Waals surface area contributed by atoms with Gasteiger partial charge in [0.25, 0.3) is 0 Å². The summed E-state index contributed by atoms with van der Waals surface area (Å²) in [5, 5.41) is 0. The van der Waals surface area contributed by atoms with Gasteiger partial charge >= 0.3 is 11.9 Å². The summed E-state index contributed by atoms with van der Waals surface area (Å²) in [6.45, 7) is 8.38. The van der Waals surface area contributed by atoms with Crippen LogP contribution in [0, 0.1) is 19.8 Å². The summed E-state index contributed by atoms with van der Waals surface area (Å²) in [5.41, 5.74) is 2.13. The molecule has 1 rings (SSSR count). The number of esters is 2. The van der Waals surface area contributed by atoms with Crippen LogP contribution in [0.4, 0.5) is 0 Å². The molecule has 0 aliphatic rings. The summed E-state index contributed by atoms with van der Waals surface area (Å²) in [6.07, 6.45) is 1.92. The lowest BCUT2D eigenvalue weighted by Crippen LogP contribution is -2.11.